The van der Waals surface area contributed by atoms with Crippen molar-refractivity contribution in [3.63, 3.8) is 0 Å². The topological polar surface area (TPSA) is 123 Å². The molecule has 4 heterocycles. The highest BCUT2D eigenvalue weighted by Gasteiger charge is 2.36. The first-order valence-corrected chi connectivity index (χ1v) is 12.5. The van der Waals surface area contributed by atoms with Gasteiger partial charge in [-0.05, 0) is 31.5 Å². The highest BCUT2D eigenvalue weighted by molar-refractivity contribution is 5.98. The molecule has 3 aromatic heterocycles. The molecule has 11 nitrogen and oxygen atoms in total. The molecule has 0 radical (unpaired) electrons. The number of amides is 2. The summed E-state index contributed by atoms with van der Waals surface area (Å²) < 4.78 is 21.6. The molecule has 0 saturated carbocycles. The van der Waals surface area contributed by atoms with Gasteiger partial charge < -0.3 is 24.8 Å². The number of hydrogen-bond acceptors (Lipinski definition) is 7. The number of fused-ring (bicyclic) bond motifs is 2. The Labute approximate surface area is 223 Å². The first-order chi connectivity index (χ1) is 18.8. The van der Waals surface area contributed by atoms with Crippen LogP contribution in [0.5, 0.6) is 0 Å². The van der Waals surface area contributed by atoms with Gasteiger partial charge in [-0.2, -0.15) is 4.52 Å². The van der Waals surface area contributed by atoms with Gasteiger partial charge >= 0.3 is 0 Å². The summed E-state index contributed by atoms with van der Waals surface area (Å²) in [4.78, 5) is 45.0. The molecule has 5 rings (SSSR count). The summed E-state index contributed by atoms with van der Waals surface area (Å²) in [5.41, 5.74) is 1.36. The molecule has 0 saturated heterocycles. The molecule has 0 spiro atoms. The van der Waals surface area contributed by atoms with Gasteiger partial charge in [-0.25, -0.2) is 9.37 Å². The second kappa shape index (κ2) is 11.0. The molecule has 202 valence electrons. The molecular weight excluding hydrogens is 505 g/mol. The lowest BCUT2D eigenvalue weighted by Gasteiger charge is -2.20. The molecule has 4 aromatic rings. The third-order valence-corrected chi connectivity index (χ3v) is 6.35. The molecular formula is C27H28FN7O4. The monoisotopic (exact) mass is 533 g/mol. The number of pyridine rings is 1. The number of halogens is 1. The van der Waals surface area contributed by atoms with Gasteiger partial charge in [0.2, 0.25) is 5.91 Å². The lowest BCUT2D eigenvalue weighted by atomic mass is 10.2. The van der Waals surface area contributed by atoms with Crippen molar-refractivity contribution in [1.82, 2.24) is 24.1 Å². The average molecular weight is 534 g/mol. The first-order valence-electron chi connectivity index (χ1n) is 12.5. The minimum Gasteiger partial charge on any atom is -0.375 e. The van der Waals surface area contributed by atoms with E-state index in [9.17, 15) is 18.8 Å². The van der Waals surface area contributed by atoms with Gasteiger partial charge in [0.05, 0.1) is 31.5 Å². The van der Waals surface area contributed by atoms with Gasteiger partial charge in [0, 0.05) is 18.7 Å². The van der Waals surface area contributed by atoms with Gasteiger partial charge in [0.25, 0.3) is 11.5 Å². The summed E-state index contributed by atoms with van der Waals surface area (Å²) >= 11 is 0. The summed E-state index contributed by atoms with van der Waals surface area (Å²) in [7, 11) is 0. The number of carbonyl (C=O) groups excluding carboxylic acids is 2. The summed E-state index contributed by atoms with van der Waals surface area (Å²) in [6.45, 7) is 4.86. The van der Waals surface area contributed by atoms with Crippen LogP contribution in [0.15, 0.2) is 59.5 Å². The second-order valence-electron chi connectivity index (χ2n) is 9.42. The van der Waals surface area contributed by atoms with Crippen molar-refractivity contribution in [2.45, 2.75) is 39.6 Å². The number of nitrogens with zero attached hydrogens (tertiary/aromatic N) is 5. The SMILES string of the molecule is CC(C)N1Cc2c(n(CC(=O)Nc3ccc(F)cn3)c3cc(NCCOCc4ccccc4)nn3c2=O)C1=O. The predicted molar refractivity (Wildman–Crippen MR) is 142 cm³/mol. The molecule has 0 atom stereocenters. The van der Waals surface area contributed by atoms with Crippen molar-refractivity contribution >= 4 is 29.1 Å². The van der Waals surface area contributed by atoms with Crippen LogP contribution in [0.25, 0.3) is 5.65 Å². The Morgan fingerprint density at radius 3 is 2.64 bits per heavy atom. The molecule has 39 heavy (non-hydrogen) atoms. The maximum Gasteiger partial charge on any atom is 0.280 e. The third kappa shape index (κ3) is 5.50. The minimum absolute atomic E-state index is 0.123. The zero-order chi connectivity index (χ0) is 27.5. The van der Waals surface area contributed by atoms with E-state index >= 15 is 0 Å². The minimum atomic E-state index is -0.530. The van der Waals surface area contributed by atoms with Crippen molar-refractivity contribution < 1.29 is 18.7 Å². The summed E-state index contributed by atoms with van der Waals surface area (Å²) in [6.07, 6.45) is 0.993. The maximum absolute atomic E-state index is 13.4. The molecule has 2 amide bonds. The fraction of sp³-hybridized carbons (Fsp3) is 0.296. The van der Waals surface area contributed by atoms with Crippen LogP contribution in [0.1, 0.15) is 35.5 Å². The molecule has 0 bridgehead atoms. The van der Waals surface area contributed by atoms with Crippen LogP contribution in [-0.4, -0.2) is 55.1 Å². The van der Waals surface area contributed by atoms with Crippen LogP contribution in [0, 0.1) is 5.82 Å². The summed E-state index contributed by atoms with van der Waals surface area (Å²) in [6, 6.07) is 13.8. The normalized spacial score (nSPS) is 12.8. The van der Waals surface area contributed by atoms with Crippen molar-refractivity contribution in [3.05, 3.63) is 87.7 Å². The molecule has 0 aliphatic carbocycles. The van der Waals surface area contributed by atoms with E-state index in [1.54, 1.807) is 11.0 Å². The number of ether oxygens (including phenoxy) is 1. The second-order valence-corrected chi connectivity index (χ2v) is 9.42. The molecule has 1 aliphatic rings. The molecule has 0 fully saturated rings. The average Bonchev–Trinajstić information content (AvgIpc) is 3.50. The van der Waals surface area contributed by atoms with Crippen molar-refractivity contribution in [2.24, 2.45) is 0 Å². The number of carbonyl (C=O) groups is 2. The van der Waals surface area contributed by atoms with Crippen LogP contribution in [0.3, 0.4) is 0 Å². The molecule has 12 heteroatoms. The van der Waals surface area contributed by atoms with Crippen molar-refractivity contribution in [2.75, 3.05) is 23.8 Å². The zero-order valence-electron chi connectivity index (χ0n) is 21.6. The Kier molecular flexibility index (Phi) is 7.37. The van der Waals surface area contributed by atoms with Gasteiger partial charge in [-0.3, -0.25) is 14.4 Å². The Balaban J connectivity index is 1.39. The third-order valence-electron chi connectivity index (χ3n) is 6.35. The fourth-order valence-electron chi connectivity index (χ4n) is 4.44. The highest BCUT2D eigenvalue weighted by atomic mass is 19.1. The van der Waals surface area contributed by atoms with Gasteiger partial charge in [0.1, 0.15) is 29.5 Å². The summed E-state index contributed by atoms with van der Waals surface area (Å²) in [5, 5.41) is 10.1. The van der Waals surface area contributed by atoms with Crippen molar-refractivity contribution in [1.29, 1.82) is 0 Å². The number of aromatic nitrogens is 4. The van der Waals surface area contributed by atoms with E-state index in [0.717, 1.165) is 11.8 Å². The zero-order valence-corrected chi connectivity index (χ0v) is 21.6. The molecule has 2 N–H and O–H groups in total. The largest absolute Gasteiger partial charge is 0.375 e. The van der Waals surface area contributed by atoms with E-state index < -0.39 is 17.3 Å². The van der Waals surface area contributed by atoms with E-state index in [4.69, 9.17) is 4.74 Å². The number of benzene rings is 1. The van der Waals surface area contributed by atoms with Crippen LogP contribution >= 0.6 is 0 Å². The van der Waals surface area contributed by atoms with E-state index in [1.165, 1.54) is 21.2 Å². The molecule has 0 unspecified atom stereocenters. The van der Waals surface area contributed by atoms with Gasteiger partial charge in [-0.1, -0.05) is 30.3 Å². The van der Waals surface area contributed by atoms with E-state index in [1.807, 2.05) is 44.2 Å². The number of anilines is 2. The Morgan fingerprint density at radius 1 is 1.13 bits per heavy atom. The van der Waals surface area contributed by atoms with E-state index in [0.29, 0.717) is 25.6 Å². The Hall–Kier alpha value is -4.58. The fourth-order valence-corrected chi connectivity index (χ4v) is 4.44. The lowest BCUT2D eigenvalue weighted by molar-refractivity contribution is -0.116. The van der Waals surface area contributed by atoms with Crippen LogP contribution < -0.4 is 16.2 Å². The van der Waals surface area contributed by atoms with E-state index in [-0.39, 0.29) is 47.8 Å². The molecule has 1 aromatic carbocycles. The van der Waals surface area contributed by atoms with E-state index in [2.05, 4.69) is 20.7 Å². The Morgan fingerprint density at radius 2 is 1.92 bits per heavy atom. The van der Waals surface area contributed by atoms with Gasteiger partial charge in [-0.15, -0.1) is 5.10 Å². The lowest BCUT2D eigenvalue weighted by Crippen LogP contribution is -2.32. The highest BCUT2D eigenvalue weighted by Crippen LogP contribution is 2.25. The standard InChI is InChI=1S/C27H28FN7O4/c1-17(2)33-14-20-25(27(33)38)34(15-23(36)31-21-9-8-19(28)13-30-21)24-12-22(32-35(24)26(20)37)29-10-11-39-16-18-6-4-3-5-7-18/h3-9,12-13,17H,10-11,14-16H2,1-2H3,(H,29,32)(H,30,31,36). The van der Waals surface area contributed by atoms with Crippen LogP contribution in [-0.2, 0) is 29.2 Å². The van der Waals surface area contributed by atoms with Crippen molar-refractivity contribution in [3.8, 4) is 0 Å². The maximum atomic E-state index is 13.4. The first kappa shape index (κ1) is 26.0. The smallest absolute Gasteiger partial charge is 0.280 e. The summed E-state index contributed by atoms with van der Waals surface area (Å²) in [5.74, 6) is -0.796. The Bertz CT molecular complexity index is 1570. The quantitative estimate of drug-likeness (QED) is 0.301. The van der Waals surface area contributed by atoms with Gasteiger partial charge in [0.15, 0.2) is 5.82 Å². The van der Waals surface area contributed by atoms with Crippen LogP contribution in [0.4, 0.5) is 16.0 Å². The molecule has 1 aliphatic heterocycles. The number of hydrogen-bond donors (Lipinski definition) is 2. The predicted octanol–water partition coefficient (Wildman–Crippen LogP) is 2.66. The van der Waals surface area contributed by atoms with Crippen LogP contribution in [0.2, 0.25) is 0 Å². The number of rotatable bonds is 10. The number of nitrogens with one attached hydrogen (secondary N) is 2.